The van der Waals surface area contributed by atoms with Crippen LogP contribution in [0.2, 0.25) is 0 Å². The topological polar surface area (TPSA) is 44.5 Å². The van der Waals surface area contributed by atoms with E-state index in [1.165, 1.54) is 0 Å². The quantitative estimate of drug-likeness (QED) is 0.656. The zero-order valence-corrected chi connectivity index (χ0v) is 16.4. The largest absolute Gasteiger partial charge is 0.416 e. The minimum Gasteiger partial charge on any atom is -0.370 e. The van der Waals surface area contributed by atoms with Crippen LogP contribution in [-0.4, -0.2) is 13.2 Å². The smallest absolute Gasteiger partial charge is 0.370 e. The van der Waals surface area contributed by atoms with Crippen molar-refractivity contribution in [2.75, 3.05) is 13.2 Å². The lowest BCUT2D eigenvalue weighted by Crippen LogP contribution is -2.34. The zero-order valence-electron chi connectivity index (χ0n) is 14.9. The summed E-state index contributed by atoms with van der Waals surface area (Å²) in [7, 11) is 0. The van der Waals surface area contributed by atoms with Gasteiger partial charge in [0.1, 0.15) is 5.60 Å². The molecule has 3 rings (SSSR count). The van der Waals surface area contributed by atoms with Crippen LogP contribution in [0.25, 0.3) is 0 Å². The van der Waals surface area contributed by atoms with Gasteiger partial charge in [-0.25, -0.2) is 0 Å². The van der Waals surface area contributed by atoms with Gasteiger partial charge in [-0.2, -0.15) is 13.2 Å². The molecule has 0 amide bonds. The molecule has 7 heteroatoms. The maximum Gasteiger partial charge on any atom is 0.416 e. The van der Waals surface area contributed by atoms with Crippen LogP contribution < -0.4 is 5.73 Å². The summed E-state index contributed by atoms with van der Waals surface area (Å²) in [6.45, 7) is 2.85. The molecule has 2 N–H and O–H groups in total. The fourth-order valence-electron chi connectivity index (χ4n) is 3.38. The molecule has 27 heavy (non-hydrogen) atoms. The summed E-state index contributed by atoms with van der Waals surface area (Å²) in [5.74, 6) is 0. The van der Waals surface area contributed by atoms with Crippen LogP contribution in [0.4, 0.5) is 13.2 Å². The Morgan fingerprint density at radius 1 is 1.26 bits per heavy atom. The molecule has 0 saturated heterocycles. The van der Waals surface area contributed by atoms with Gasteiger partial charge < -0.3 is 15.2 Å². The molecule has 0 fully saturated rings. The van der Waals surface area contributed by atoms with E-state index >= 15 is 0 Å². The van der Waals surface area contributed by atoms with E-state index in [-0.39, 0.29) is 6.61 Å². The molecule has 2 aromatic rings. The average molecular weight is 444 g/mol. The lowest BCUT2D eigenvalue weighted by Gasteiger charge is -2.30. The molecule has 2 aromatic carbocycles. The second kappa shape index (κ2) is 7.91. The summed E-state index contributed by atoms with van der Waals surface area (Å²) >= 11 is 3.15. The summed E-state index contributed by atoms with van der Waals surface area (Å²) in [6.07, 6.45) is -4.37. The molecule has 0 saturated carbocycles. The first-order valence-electron chi connectivity index (χ1n) is 8.67. The van der Waals surface area contributed by atoms with Crippen LogP contribution in [0.5, 0.6) is 0 Å². The lowest BCUT2D eigenvalue weighted by atomic mass is 9.90. The molecule has 146 valence electrons. The van der Waals surface area contributed by atoms with E-state index < -0.39 is 23.4 Å². The van der Waals surface area contributed by atoms with Crippen LogP contribution in [-0.2, 0) is 27.9 Å². The summed E-state index contributed by atoms with van der Waals surface area (Å²) in [5.41, 5.74) is 6.99. The highest BCUT2D eigenvalue weighted by molar-refractivity contribution is 9.10. The Hall–Kier alpha value is -1.41. The van der Waals surface area contributed by atoms with Crippen molar-refractivity contribution in [3.8, 4) is 0 Å². The van der Waals surface area contributed by atoms with Crippen LogP contribution in [0, 0.1) is 0 Å². The average Bonchev–Trinajstić information content (AvgIpc) is 2.98. The molecule has 0 aliphatic carbocycles. The van der Waals surface area contributed by atoms with Gasteiger partial charge in [0.2, 0.25) is 0 Å². The summed E-state index contributed by atoms with van der Waals surface area (Å²) < 4.78 is 51.6. The number of hydrogen-bond acceptors (Lipinski definition) is 3. The number of benzene rings is 2. The van der Waals surface area contributed by atoms with Crippen LogP contribution in [0.3, 0.4) is 0 Å². The maximum absolute atomic E-state index is 13.1. The van der Waals surface area contributed by atoms with Crippen LogP contribution >= 0.6 is 15.9 Å². The van der Waals surface area contributed by atoms with Crippen molar-refractivity contribution in [1.29, 1.82) is 0 Å². The van der Waals surface area contributed by atoms with Gasteiger partial charge in [-0.3, -0.25) is 0 Å². The van der Waals surface area contributed by atoms with Crippen molar-refractivity contribution in [3.05, 3.63) is 69.2 Å². The molecule has 0 aromatic heterocycles. The predicted molar refractivity (Wildman–Crippen MR) is 100 cm³/mol. The Kier molecular flexibility index (Phi) is 5.96. The molecular formula is C20H21BrF3NO2. The van der Waals surface area contributed by atoms with E-state index in [9.17, 15) is 13.2 Å². The molecule has 1 heterocycles. The number of hydrogen-bond donors (Lipinski definition) is 1. The second-order valence-corrected chi connectivity index (χ2v) is 7.62. The maximum atomic E-state index is 13.1. The van der Waals surface area contributed by atoms with Gasteiger partial charge >= 0.3 is 6.18 Å². The van der Waals surface area contributed by atoms with Crippen LogP contribution in [0.1, 0.15) is 41.7 Å². The summed E-state index contributed by atoms with van der Waals surface area (Å²) in [5, 5.41) is 0. The first kappa shape index (κ1) is 20.3. The van der Waals surface area contributed by atoms with Crippen molar-refractivity contribution in [3.63, 3.8) is 0 Å². The van der Waals surface area contributed by atoms with Crippen molar-refractivity contribution in [2.24, 2.45) is 5.73 Å². The van der Waals surface area contributed by atoms with Gasteiger partial charge in [-0.05, 0) is 54.8 Å². The normalized spacial score (nSPS) is 20.5. The number of halogens is 4. The number of rotatable bonds is 6. The molecule has 3 nitrogen and oxygen atoms in total. The third-order valence-corrected chi connectivity index (χ3v) is 5.30. The Labute approximate surface area is 164 Å². The first-order valence-corrected chi connectivity index (χ1v) is 9.46. The van der Waals surface area contributed by atoms with E-state index in [0.29, 0.717) is 29.6 Å². The fraction of sp³-hybridized carbons (Fsp3) is 0.400. The Morgan fingerprint density at radius 3 is 2.70 bits per heavy atom. The van der Waals surface area contributed by atoms with Crippen LogP contribution in [0.15, 0.2) is 46.9 Å². The van der Waals surface area contributed by atoms with Gasteiger partial charge in [-0.1, -0.05) is 40.2 Å². The number of fused-ring (bicyclic) bond motifs is 1. The number of nitrogens with two attached hydrogens (primary N) is 1. The lowest BCUT2D eigenvalue weighted by molar-refractivity contribution is -0.138. The number of ether oxygens (including phenoxy) is 2. The Morgan fingerprint density at radius 2 is 2.00 bits per heavy atom. The second-order valence-electron chi connectivity index (χ2n) is 6.70. The SMILES string of the molecule is CC(OCC1(CCN)OCc2ccccc21)c1cc(Br)cc(C(F)(F)F)c1. The molecule has 0 radical (unpaired) electrons. The van der Waals surface area contributed by atoms with E-state index in [1.54, 1.807) is 13.0 Å². The van der Waals surface area contributed by atoms with Crippen molar-refractivity contribution < 1.29 is 22.6 Å². The minimum atomic E-state index is -4.41. The summed E-state index contributed by atoms with van der Waals surface area (Å²) in [4.78, 5) is 0. The van der Waals surface area contributed by atoms with E-state index in [0.717, 1.165) is 23.3 Å². The highest BCUT2D eigenvalue weighted by Gasteiger charge is 2.40. The highest BCUT2D eigenvalue weighted by Crippen LogP contribution is 2.40. The monoisotopic (exact) mass is 443 g/mol. The Bertz CT molecular complexity index is 808. The molecule has 2 atom stereocenters. The third kappa shape index (κ3) is 4.37. The van der Waals surface area contributed by atoms with Gasteiger partial charge in [-0.15, -0.1) is 0 Å². The first-order chi connectivity index (χ1) is 12.7. The molecule has 2 unspecified atom stereocenters. The number of alkyl halides is 3. The van der Waals surface area contributed by atoms with E-state index in [4.69, 9.17) is 15.2 Å². The van der Waals surface area contributed by atoms with Crippen molar-refractivity contribution in [2.45, 2.75) is 37.8 Å². The van der Waals surface area contributed by atoms with Gasteiger partial charge in [0, 0.05) is 4.47 Å². The zero-order chi connectivity index (χ0) is 19.7. The molecular weight excluding hydrogens is 423 g/mol. The van der Waals surface area contributed by atoms with Gasteiger partial charge in [0.25, 0.3) is 0 Å². The van der Waals surface area contributed by atoms with E-state index in [1.807, 2.05) is 24.3 Å². The van der Waals surface area contributed by atoms with Crippen molar-refractivity contribution >= 4 is 15.9 Å². The highest BCUT2D eigenvalue weighted by atomic mass is 79.9. The molecule has 1 aliphatic heterocycles. The predicted octanol–water partition coefficient (Wildman–Crippen LogP) is 5.32. The minimum absolute atomic E-state index is 0.218. The molecule has 0 bridgehead atoms. The van der Waals surface area contributed by atoms with Gasteiger partial charge in [0.05, 0.1) is 24.9 Å². The summed E-state index contributed by atoms with van der Waals surface area (Å²) in [6, 6.07) is 11.7. The van der Waals surface area contributed by atoms with Crippen molar-refractivity contribution in [1.82, 2.24) is 0 Å². The van der Waals surface area contributed by atoms with E-state index in [2.05, 4.69) is 15.9 Å². The Balaban J connectivity index is 1.80. The third-order valence-electron chi connectivity index (χ3n) is 4.84. The van der Waals surface area contributed by atoms with Gasteiger partial charge in [0.15, 0.2) is 0 Å². The molecule has 1 aliphatic rings. The molecule has 0 spiro atoms. The fourth-order valence-corrected chi connectivity index (χ4v) is 3.89. The standard InChI is InChI=1S/C20H21BrF3NO2/c1-13(15-8-16(20(22,23)24)10-17(21)9-15)26-12-19(6-7-25)18-5-3-2-4-14(18)11-27-19/h2-5,8-10,13H,6-7,11-12,25H2,1H3.